The number of rotatable bonds is 2. The first-order chi connectivity index (χ1) is 19.0. The molecular formula is C34H37BF4N2. The lowest BCUT2D eigenvalue weighted by Gasteiger charge is -2.23. The van der Waals surface area contributed by atoms with Gasteiger partial charge in [-0.15, -0.1) is 0 Å². The zero-order valence-electron chi connectivity index (χ0n) is 25.0. The van der Waals surface area contributed by atoms with Gasteiger partial charge in [0.1, 0.15) is 17.2 Å². The number of hydrogen-bond donors (Lipinski definition) is 0. The quantitative estimate of drug-likeness (QED) is 0.0909. The average Bonchev–Trinajstić information content (AvgIpc) is 2.86. The first kappa shape index (κ1) is 30.2. The van der Waals surface area contributed by atoms with Crippen LogP contribution in [0.25, 0.3) is 38.8 Å². The smallest absolute Gasteiger partial charge is 0.418 e. The molecule has 41 heavy (non-hydrogen) atoms. The molecule has 0 saturated carbocycles. The van der Waals surface area contributed by atoms with Gasteiger partial charge in [-0.25, -0.2) is 0 Å². The number of aromatic nitrogens is 2. The van der Waals surface area contributed by atoms with E-state index in [-0.39, 0.29) is 10.8 Å². The van der Waals surface area contributed by atoms with Crippen LogP contribution in [-0.4, -0.2) is 12.2 Å². The Hall–Kier alpha value is -3.74. The lowest BCUT2D eigenvalue weighted by Crippen LogP contribution is -2.35. The first-order valence-electron chi connectivity index (χ1n) is 13.8. The van der Waals surface area contributed by atoms with E-state index in [9.17, 15) is 17.3 Å². The molecule has 0 bridgehead atoms. The Kier molecular flexibility index (Phi) is 8.05. The molecule has 0 fully saturated rings. The second kappa shape index (κ2) is 10.9. The Balaban J connectivity index is 0.000000714. The highest BCUT2D eigenvalue weighted by atomic mass is 19.5. The van der Waals surface area contributed by atoms with Crippen molar-refractivity contribution in [3.05, 3.63) is 101 Å². The third kappa shape index (κ3) is 6.61. The monoisotopic (exact) mass is 560 g/mol. The van der Waals surface area contributed by atoms with Crippen molar-refractivity contribution in [2.75, 3.05) is 0 Å². The summed E-state index contributed by atoms with van der Waals surface area (Å²) in [7, 11) is -6.00. The standard InChI is InChI=1S/C34H37N2.BF4/c1-22-12-11-13-23(2)31(22)32-26-17-15-24(33(3,4)5)20-28(26)36(30-14-9-10-19-35-30)29-21-25(34(6,7)8)16-18-27(29)32;2-1(3,4)5/h9-21H,1-8H3;/q+1;-1. The van der Waals surface area contributed by atoms with Crippen LogP contribution in [0, 0.1) is 13.8 Å². The van der Waals surface area contributed by atoms with Crippen LogP contribution in [0.1, 0.15) is 63.8 Å². The number of halogens is 4. The molecule has 5 aromatic rings. The number of fused-ring (bicyclic) bond motifs is 2. The van der Waals surface area contributed by atoms with Crippen LogP contribution in [0.4, 0.5) is 17.3 Å². The molecule has 2 aromatic heterocycles. The van der Waals surface area contributed by atoms with Crippen LogP contribution in [-0.2, 0) is 10.8 Å². The van der Waals surface area contributed by atoms with E-state index in [4.69, 9.17) is 4.98 Å². The molecule has 3 aromatic carbocycles. The lowest BCUT2D eigenvalue weighted by atomic mass is 9.83. The van der Waals surface area contributed by atoms with E-state index in [1.54, 1.807) is 0 Å². The predicted molar refractivity (Wildman–Crippen MR) is 163 cm³/mol. The molecule has 0 aliphatic rings. The fraction of sp³-hybridized carbons (Fsp3) is 0.294. The molecule has 0 aliphatic carbocycles. The van der Waals surface area contributed by atoms with Crippen molar-refractivity contribution in [3.63, 3.8) is 0 Å². The average molecular weight is 560 g/mol. The Morgan fingerprint density at radius 3 is 1.46 bits per heavy atom. The summed E-state index contributed by atoms with van der Waals surface area (Å²) >= 11 is 0. The normalized spacial score (nSPS) is 12.4. The van der Waals surface area contributed by atoms with E-state index < -0.39 is 7.25 Å². The second-order valence-corrected chi connectivity index (χ2v) is 12.6. The Bertz CT molecular complexity index is 1610. The first-order valence-corrected chi connectivity index (χ1v) is 13.8. The van der Waals surface area contributed by atoms with Gasteiger partial charge in [0.25, 0.3) is 0 Å². The van der Waals surface area contributed by atoms with E-state index in [0.717, 1.165) is 5.82 Å². The van der Waals surface area contributed by atoms with Crippen LogP contribution >= 0.6 is 0 Å². The Morgan fingerprint density at radius 1 is 0.610 bits per heavy atom. The van der Waals surface area contributed by atoms with E-state index >= 15 is 0 Å². The zero-order chi connectivity index (χ0) is 30.3. The minimum absolute atomic E-state index is 0.0388. The molecule has 214 valence electrons. The van der Waals surface area contributed by atoms with Crippen molar-refractivity contribution < 1.29 is 21.8 Å². The SMILES string of the molecule is Cc1cccc(C)c1-c1c2ccc(C(C)(C)C)cc2[n+](-c2ccccn2)c2cc(C(C)(C)C)ccc12.F[B-](F)(F)F. The van der Waals surface area contributed by atoms with Crippen LogP contribution in [0.5, 0.6) is 0 Å². The number of nitrogens with zero attached hydrogens (tertiary/aromatic N) is 2. The minimum atomic E-state index is -6.00. The summed E-state index contributed by atoms with van der Waals surface area (Å²) in [5.74, 6) is 0.942. The van der Waals surface area contributed by atoms with Crippen molar-refractivity contribution in [1.29, 1.82) is 0 Å². The number of pyridine rings is 2. The topological polar surface area (TPSA) is 16.8 Å². The largest absolute Gasteiger partial charge is 0.673 e. The number of aryl methyl sites for hydroxylation is 2. The highest BCUT2D eigenvalue weighted by Gasteiger charge is 2.26. The molecule has 0 N–H and O–H groups in total. The molecule has 0 aliphatic heterocycles. The van der Waals surface area contributed by atoms with Crippen molar-refractivity contribution in [2.45, 2.75) is 66.2 Å². The van der Waals surface area contributed by atoms with Gasteiger partial charge in [0.05, 0.1) is 0 Å². The third-order valence-electron chi connectivity index (χ3n) is 7.36. The van der Waals surface area contributed by atoms with Gasteiger partial charge >= 0.3 is 13.1 Å². The van der Waals surface area contributed by atoms with Crippen LogP contribution in [0.15, 0.2) is 79.0 Å². The Morgan fingerprint density at radius 2 is 1.07 bits per heavy atom. The van der Waals surface area contributed by atoms with Gasteiger partial charge in [0.15, 0.2) is 0 Å². The number of hydrogen-bond acceptors (Lipinski definition) is 1. The van der Waals surface area contributed by atoms with Crippen LogP contribution < -0.4 is 4.57 Å². The summed E-state index contributed by atoms with van der Waals surface area (Å²) in [5, 5.41) is 2.50. The molecule has 7 heteroatoms. The third-order valence-corrected chi connectivity index (χ3v) is 7.36. The van der Waals surface area contributed by atoms with Gasteiger partial charge in [0.2, 0.25) is 0 Å². The highest BCUT2D eigenvalue weighted by Crippen LogP contribution is 2.40. The molecule has 2 nitrogen and oxygen atoms in total. The highest BCUT2D eigenvalue weighted by molar-refractivity contribution is 6.50. The van der Waals surface area contributed by atoms with E-state index in [1.807, 2.05) is 12.3 Å². The summed E-state index contributed by atoms with van der Waals surface area (Å²) in [6.45, 7) is 18.2. The van der Waals surface area contributed by atoms with Gasteiger partial charge in [0, 0.05) is 22.4 Å². The van der Waals surface area contributed by atoms with Gasteiger partial charge in [-0.3, -0.25) is 0 Å². The summed E-state index contributed by atoms with van der Waals surface area (Å²) < 4.78 is 41.4. The summed E-state index contributed by atoms with van der Waals surface area (Å²) in [6.07, 6.45) is 1.89. The predicted octanol–water partition coefficient (Wildman–Crippen LogP) is 9.84. The van der Waals surface area contributed by atoms with Crippen LogP contribution in [0.3, 0.4) is 0 Å². The summed E-state index contributed by atoms with van der Waals surface area (Å²) in [4.78, 5) is 4.83. The van der Waals surface area contributed by atoms with Crippen molar-refractivity contribution in [2.24, 2.45) is 0 Å². The summed E-state index contributed by atoms with van der Waals surface area (Å²) in [5.41, 5.74) is 10.3. The van der Waals surface area contributed by atoms with E-state index in [1.165, 1.54) is 55.2 Å². The van der Waals surface area contributed by atoms with Crippen LogP contribution in [0.2, 0.25) is 0 Å². The lowest BCUT2D eigenvalue weighted by molar-refractivity contribution is -0.542. The summed E-state index contributed by atoms with van der Waals surface area (Å²) in [6, 6.07) is 26.8. The molecule has 2 heterocycles. The zero-order valence-corrected chi connectivity index (χ0v) is 25.0. The maximum Gasteiger partial charge on any atom is 0.673 e. The molecule has 0 amide bonds. The fourth-order valence-electron chi connectivity index (χ4n) is 5.27. The molecule has 0 radical (unpaired) electrons. The number of benzene rings is 3. The molecular weight excluding hydrogens is 523 g/mol. The van der Waals surface area contributed by atoms with E-state index in [0.29, 0.717) is 0 Å². The molecule has 0 saturated heterocycles. The second-order valence-electron chi connectivity index (χ2n) is 12.6. The molecule has 5 rings (SSSR count). The molecule has 0 unspecified atom stereocenters. The van der Waals surface area contributed by atoms with Gasteiger partial charge in [-0.05, 0) is 87.8 Å². The van der Waals surface area contributed by atoms with Gasteiger partial charge < -0.3 is 17.3 Å². The van der Waals surface area contributed by atoms with Gasteiger partial charge in [-0.1, -0.05) is 77.9 Å². The fourth-order valence-corrected chi connectivity index (χ4v) is 5.27. The van der Waals surface area contributed by atoms with Crippen molar-refractivity contribution in [1.82, 2.24) is 4.98 Å². The van der Waals surface area contributed by atoms with Gasteiger partial charge in [-0.2, -0.15) is 4.57 Å². The maximum absolute atomic E-state index is 9.75. The molecule has 0 atom stereocenters. The molecule has 0 spiro atoms. The maximum atomic E-state index is 9.75. The van der Waals surface area contributed by atoms with Crippen molar-refractivity contribution >= 4 is 29.1 Å². The van der Waals surface area contributed by atoms with Crippen molar-refractivity contribution in [3.8, 4) is 16.9 Å². The minimum Gasteiger partial charge on any atom is -0.418 e. The van der Waals surface area contributed by atoms with E-state index in [2.05, 4.69) is 127 Å². The Labute approximate surface area is 240 Å².